The summed E-state index contributed by atoms with van der Waals surface area (Å²) in [7, 11) is 0. The van der Waals surface area contributed by atoms with Crippen LogP contribution in [0.15, 0.2) is 35.1 Å². The number of amides is 2. The van der Waals surface area contributed by atoms with Crippen molar-refractivity contribution < 1.29 is 14.0 Å². The second-order valence-corrected chi connectivity index (χ2v) is 7.76. The Hall–Kier alpha value is -3.82. The molecule has 0 radical (unpaired) electrons. The lowest BCUT2D eigenvalue weighted by atomic mass is 10.1. The molecule has 4 rings (SSSR count). The van der Waals surface area contributed by atoms with Crippen LogP contribution >= 0.6 is 0 Å². The van der Waals surface area contributed by atoms with Gasteiger partial charge in [0.15, 0.2) is 0 Å². The standard InChI is InChI=1S/C22H23FN6O3/c1-4-17-13(3)24-22(26-21(17)32)29-18(9-12(2)27-29)25-20(31)14-10-19(30)28(11-14)16-7-5-15(23)6-8-16/h5-9,14H,4,10-11H2,1-3H3,(H,25,31)(H,24,26,32). The van der Waals surface area contributed by atoms with E-state index < -0.39 is 11.7 Å². The molecule has 3 heterocycles. The molecule has 1 aromatic carbocycles. The molecule has 2 N–H and O–H groups in total. The highest BCUT2D eigenvalue weighted by atomic mass is 19.1. The molecule has 0 aliphatic carbocycles. The number of aryl methyl sites for hydroxylation is 2. The van der Waals surface area contributed by atoms with E-state index in [9.17, 15) is 18.8 Å². The van der Waals surface area contributed by atoms with Crippen LogP contribution in [0.4, 0.5) is 15.9 Å². The van der Waals surface area contributed by atoms with Crippen LogP contribution in [0.2, 0.25) is 0 Å². The van der Waals surface area contributed by atoms with Gasteiger partial charge in [-0.25, -0.2) is 9.37 Å². The summed E-state index contributed by atoms with van der Waals surface area (Å²) in [5.41, 5.74) is 2.09. The second kappa shape index (κ2) is 8.37. The van der Waals surface area contributed by atoms with Crippen LogP contribution in [0, 0.1) is 25.6 Å². The smallest absolute Gasteiger partial charge is 0.255 e. The van der Waals surface area contributed by atoms with Gasteiger partial charge < -0.3 is 10.2 Å². The maximum atomic E-state index is 13.2. The molecule has 2 aromatic heterocycles. The highest BCUT2D eigenvalue weighted by Crippen LogP contribution is 2.26. The molecule has 0 bridgehead atoms. The summed E-state index contributed by atoms with van der Waals surface area (Å²) in [6.45, 7) is 5.57. The van der Waals surface area contributed by atoms with E-state index in [0.717, 1.165) is 0 Å². The largest absolute Gasteiger partial charge is 0.312 e. The van der Waals surface area contributed by atoms with Crippen LogP contribution < -0.4 is 15.8 Å². The van der Waals surface area contributed by atoms with Gasteiger partial charge in [-0.15, -0.1) is 0 Å². The van der Waals surface area contributed by atoms with E-state index in [-0.39, 0.29) is 36.3 Å². The molecule has 0 saturated carbocycles. The predicted octanol–water partition coefficient (Wildman–Crippen LogP) is 2.27. The minimum atomic E-state index is -0.590. The van der Waals surface area contributed by atoms with Crippen molar-refractivity contribution in [1.82, 2.24) is 19.7 Å². The SMILES string of the molecule is CCc1c(C)nc(-n2nc(C)cc2NC(=O)C2CC(=O)N(c3ccc(F)cc3)C2)[nH]c1=O. The average molecular weight is 438 g/mol. The molecule has 2 amide bonds. The van der Waals surface area contributed by atoms with Crippen molar-refractivity contribution in [3.8, 4) is 5.95 Å². The summed E-state index contributed by atoms with van der Waals surface area (Å²) in [6.07, 6.45) is 0.589. The molecule has 9 nitrogen and oxygen atoms in total. The maximum Gasteiger partial charge on any atom is 0.255 e. The van der Waals surface area contributed by atoms with E-state index in [4.69, 9.17) is 0 Å². The Labute approximate surface area is 183 Å². The lowest BCUT2D eigenvalue weighted by Crippen LogP contribution is -2.29. The summed E-state index contributed by atoms with van der Waals surface area (Å²) < 4.78 is 14.6. The first kappa shape index (κ1) is 21.4. The zero-order valence-corrected chi connectivity index (χ0v) is 18.0. The molecule has 1 fully saturated rings. The van der Waals surface area contributed by atoms with Gasteiger partial charge in [-0.1, -0.05) is 6.92 Å². The third kappa shape index (κ3) is 4.03. The fourth-order valence-electron chi connectivity index (χ4n) is 3.84. The normalized spacial score (nSPS) is 15.9. The Morgan fingerprint density at radius 3 is 2.62 bits per heavy atom. The van der Waals surface area contributed by atoms with E-state index in [1.54, 1.807) is 19.9 Å². The molecule has 10 heteroatoms. The van der Waals surface area contributed by atoms with Crippen molar-refractivity contribution in [3.63, 3.8) is 0 Å². The number of nitrogens with one attached hydrogen (secondary N) is 2. The van der Waals surface area contributed by atoms with Crippen LogP contribution in [-0.4, -0.2) is 38.1 Å². The van der Waals surface area contributed by atoms with Crippen LogP contribution in [0.25, 0.3) is 5.95 Å². The minimum absolute atomic E-state index is 0.0374. The predicted molar refractivity (Wildman–Crippen MR) is 116 cm³/mol. The molecule has 1 atom stereocenters. The van der Waals surface area contributed by atoms with Crippen LogP contribution in [-0.2, 0) is 16.0 Å². The summed E-state index contributed by atoms with van der Waals surface area (Å²) in [5.74, 6) is -1.01. The van der Waals surface area contributed by atoms with Crippen molar-refractivity contribution in [1.29, 1.82) is 0 Å². The topological polar surface area (TPSA) is 113 Å². The summed E-state index contributed by atoms with van der Waals surface area (Å²) >= 11 is 0. The molecule has 1 aliphatic rings. The number of anilines is 2. The zero-order chi connectivity index (χ0) is 23.0. The van der Waals surface area contributed by atoms with Gasteiger partial charge in [-0.05, 0) is 44.5 Å². The number of carbonyl (C=O) groups excluding carboxylic acids is 2. The summed E-state index contributed by atoms with van der Waals surface area (Å²) in [6, 6.07) is 7.23. The number of benzene rings is 1. The Morgan fingerprint density at radius 1 is 1.25 bits per heavy atom. The number of carbonyl (C=O) groups is 2. The molecular weight excluding hydrogens is 415 g/mol. The highest BCUT2D eigenvalue weighted by Gasteiger charge is 2.35. The summed E-state index contributed by atoms with van der Waals surface area (Å²) in [4.78, 5) is 46.3. The molecule has 0 spiro atoms. The monoisotopic (exact) mass is 438 g/mol. The number of rotatable bonds is 5. The molecular formula is C22H23FN6O3. The Balaban J connectivity index is 1.56. The lowest BCUT2D eigenvalue weighted by Gasteiger charge is -2.16. The molecule has 166 valence electrons. The van der Waals surface area contributed by atoms with E-state index in [0.29, 0.717) is 34.9 Å². The Kier molecular flexibility index (Phi) is 5.60. The quantitative estimate of drug-likeness (QED) is 0.635. The van der Waals surface area contributed by atoms with Crippen LogP contribution in [0.1, 0.15) is 30.3 Å². The van der Waals surface area contributed by atoms with Crippen LogP contribution in [0.5, 0.6) is 0 Å². The van der Waals surface area contributed by atoms with Gasteiger partial charge in [0.05, 0.1) is 11.6 Å². The number of aromatic amines is 1. The van der Waals surface area contributed by atoms with Gasteiger partial charge >= 0.3 is 0 Å². The number of hydrogen-bond donors (Lipinski definition) is 2. The molecule has 1 aliphatic heterocycles. The lowest BCUT2D eigenvalue weighted by molar-refractivity contribution is -0.122. The first-order valence-electron chi connectivity index (χ1n) is 10.3. The average Bonchev–Trinajstić information content (AvgIpc) is 3.31. The van der Waals surface area contributed by atoms with Crippen molar-refractivity contribution in [2.45, 2.75) is 33.6 Å². The number of H-pyrrole nitrogens is 1. The van der Waals surface area contributed by atoms with Gasteiger partial charge in [0, 0.05) is 36.0 Å². The molecule has 3 aromatic rings. The Morgan fingerprint density at radius 2 is 1.97 bits per heavy atom. The van der Waals surface area contributed by atoms with Crippen molar-refractivity contribution in [2.75, 3.05) is 16.8 Å². The van der Waals surface area contributed by atoms with Gasteiger partial charge in [0.2, 0.25) is 17.8 Å². The third-order valence-corrected chi connectivity index (χ3v) is 5.48. The first-order valence-corrected chi connectivity index (χ1v) is 10.3. The highest BCUT2D eigenvalue weighted by molar-refractivity contribution is 6.03. The van der Waals surface area contributed by atoms with Crippen molar-refractivity contribution >= 4 is 23.3 Å². The van der Waals surface area contributed by atoms with Crippen molar-refractivity contribution in [3.05, 3.63) is 63.5 Å². The molecule has 32 heavy (non-hydrogen) atoms. The van der Waals surface area contributed by atoms with E-state index in [1.807, 2.05) is 6.92 Å². The third-order valence-electron chi connectivity index (χ3n) is 5.48. The number of nitrogens with zero attached hydrogens (tertiary/aromatic N) is 4. The fraction of sp³-hybridized carbons (Fsp3) is 0.318. The van der Waals surface area contributed by atoms with E-state index in [2.05, 4.69) is 20.4 Å². The van der Waals surface area contributed by atoms with Crippen LogP contribution in [0.3, 0.4) is 0 Å². The first-order chi connectivity index (χ1) is 15.3. The number of halogens is 1. The van der Waals surface area contributed by atoms with Crippen molar-refractivity contribution in [2.24, 2.45) is 5.92 Å². The molecule has 1 saturated heterocycles. The maximum absolute atomic E-state index is 13.2. The van der Waals surface area contributed by atoms with E-state index >= 15 is 0 Å². The number of hydrogen-bond acceptors (Lipinski definition) is 5. The Bertz CT molecular complexity index is 1250. The fourth-order valence-corrected chi connectivity index (χ4v) is 3.84. The summed E-state index contributed by atoms with van der Waals surface area (Å²) in [5, 5.41) is 7.14. The van der Waals surface area contributed by atoms with Gasteiger partial charge in [-0.3, -0.25) is 19.4 Å². The minimum Gasteiger partial charge on any atom is -0.312 e. The second-order valence-electron chi connectivity index (χ2n) is 7.76. The van der Waals surface area contributed by atoms with Gasteiger partial charge in [0.1, 0.15) is 11.6 Å². The van der Waals surface area contributed by atoms with Gasteiger partial charge in [0.25, 0.3) is 5.56 Å². The molecule has 1 unspecified atom stereocenters. The van der Waals surface area contributed by atoms with E-state index in [1.165, 1.54) is 33.8 Å². The zero-order valence-electron chi connectivity index (χ0n) is 18.0. The number of aromatic nitrogens is 4. The van der Waals surface area contributed by atoms with Gasteiger partial charge in [-0.2, -0.15) is 9.78 Å².